The quantitative estimate of drug-likeness (QED) is 0.740. The predicted octanol–water partition coefficient (Wildman–Crippen LogP) is 0.0551. The van der Waals surface area contributed by atoms with E-state index >= 15 is 0 Å². The van der Waals surface area contributed by atoms with Gasteiger partial charge >= 0.3 is 0 Å². The molecule has 0 aliphatic rings. The topological polar surface area (TPSA) is 106 Å². The maximum Gasteiger partial charge on any atom is 0.233 e. The van der Waals surface area contributed by atoms with Crippen LogP contribution in [0, 0.1) is 0 Å². The molecule has 0 saturated carbocycles. The Balaban J connectivity index is 2.74. The van der Waals surface area contributed by atoms with Crippen LogP contribution in [0.4, 0.5) is 11.4 Å². The van der Waals surface area contributed by atoms with Crippen molar-refractivity contribution in [2.75, 3.05) is 28.2 Å². The van der Waals surface area contributed by atoms with E-state index in [1.165, 1.54) is 12.1 Å². The van der Waals surface area contributed by atoms with E-state index in [9.17, 15) is 16.8 Å². The first-order chi connectivity index (χ1) is 7.68. The normalized spacial score (nSPS) is 12.3. The number of hydrogen-bond acceptors (Lipinski definition) is 5. The van der Waals surface area contributed by atoms with Gasteiger partial charge in [-0.1, -0.05) is 6.07 Å². The van der Waals surface area contributed by atoms with Crippen molar-refractivity contribution in [1.29, 1.82) is 0 Å². The van der Waals surface area contributed by atoms with Crippen molar-refractivity contribution >= 4 is 31.2 Å². The Hall–Kier alpha value is -1.28. The van der Waals surface area contributed by atoms with Crippen LogP contribution in [0.2, 0.25) is 0 Å². The largest absolute Gasteiger partial charge is 0.399 e. The summed E-state index contributed by atoms with van der Waals surface area (Å²) in [5.41, 5.74) is 6.23. The monoisotopic (exact) mass is 278 g/mol. The number of sulfonamides is 1. The van der Waals surface area contributed by atoms with Crippen LogP contribution in [0.3, 0.4) is 0 Å². The highest BCUT2D eigenvalue weighted by molar-refractivity contribution is 7.95. The SMILES string of the molecule is CS(=O)(=O)CCS(=O)(=O)Nc1cccc(N)c1. The van der Waals surface area contributed by atoms with Crippen molar-refractivity contribution in [2.45, 2.75) is 0 Å². The fourth-order valence-corrected chi connectivity index (χ4v) is 3.77. The molecule has 96 valence electrons. The number of nitrogens with two attached hydrogens (primary N) is 1. The molecule has 0 aromatic heterocycles. The summed E-state index contributed by atoms with van der Waals surface area (Å²) < 4.78 is 47.1. The third kappa shape index (κ3) is 5.55. The van der Waals surface area contributed by atoms with Crippen LogP contribution in [0.5, 0.6) is 0 Å². The van der Waals surface area contributed by atoms with Crippen LogP contribution in [-0.4, -0.2) is 34.6 Å². The zero-order chi connectivity index (χ0) is 13.1. The van der Waals surface area contributed by atoms with Gasteiger partial charge in [-0.3, -0.25) is 4.72 Å². The Morgan fingerprint density at radius 2 is 1.82 bits per heavy atom. The summed E-state index contributed by atoms with van der Waals surface area (Å²) in [6, 6.07) is 6.21. The molecule has 0 spiro atoms. The molecule has 0 heterocycles. The van der Waals surface area contributed by atoms with E-state index in [1.807, 2.05) is 0 Å². The smallest absolute Gasteiger partial charge is 0.233 e. The first kappa shape index (κ1) is 13.8. The summed E-state index contributed by atoms with van der Waals surface area (Å²) in [6.07, 6.45) is 0.989. The Kier molecular flexibility index (Phi) is 3.99. The zero-order valence-electron chi connectivity index (χ0n) is 9.25. The number of rotatable bonds is 5. The number of nitrogens with one attached hydrogen (secondary N) is 1. The van der Waals surface area contributed by atoms with Crippen LogP contribution in [-0.2, 0) is 19.9 Å². The van der Waals surface area contributed by atoms with Crippen LogP contribution < -0.4 is 10.5 Å². The molecule has 1 aromatic carbocycles. The van der Waals surface area contributed by atoms with Gasteiger partial charge in [0.25, 0.3) is 0 Å². The standard InChI is InChI=1S/C9H14N2O4S2/c1-16(12,13)5-6-17(14,15)11-9-4-2-3-8(10)7-9/h2-4,7,11H,5-6,10H2,1H3. The zero-order valence-corrected chi connectivity index (χ0v) is 10.9. The van der Waals surface area contributed by atoms with E-state index in [2.05, 4.69) is 4.72 Å². The molecule has 1 aromatic rings. The highest BCUT2D eigenvalue weighted by atomic mass is 32.2. The van der Waals surface area contributed by atoms with Gasteiger partial charge in [0.05, 0.1) is 17.2 Å². The molecular weight excluding hydrogens is 264 g/mol. The highest BCUT2D eigenvalue weighted by Gasteiger charge is 2.14. The second-order valence-corrected chi connectivity index (χ2v) is 7.78. The van der Waals surface area contributed by atoms with Crippen LogP contribution in [0.1, 0.15) is 0 Å². The van der Waals surface area contributed by atoms with Crippen molar-refractivity contribution in [3.05, 3.63) is 24.3 Å². The van der Waals surface area contributed by atoms with Gasteiger partial charge in [0.15, 0.2) is 0 Å². The van der Waals surface area contributed by atoms with Crippen molar-refractivity contribution in [1.82, 2.24) is 0 Å². The Bertz CT molecular complexity index is 593. The Labute approximate surface area is 101 Å². The predicted molar refractivity (Wildman–Crippen MR) is 68.0 cm³/mol. The van der Waals surface area contributed by atoms with Gasteiger partial charge in [-0.05, 0) is 18.2 Å². The number of nitrogen functional groups attached to an aromatic ring is 1. The van der Waals surface area contributed by atoms with Crippen LogP contribution >= 0.6 is 0 Å². The minimum absolute atomic E-state index is 0.318. The summed E-state index contributed by atoms with van der Waals surface area (Å²) in [6.45, 7) is 0. The maximum absolute atomic E-state index is 11.5. The maximum atomic E-state index is 11.5. The molecule has 3 N–H and O–H groups in total. The lowest BCUT2D eigenvalue weighted by molar-refractivity contribution is 0.593. The molecule has 0 radical (unpaired) electrons. The molecule has 0 amide bonds. The average molecular weight is 278 g/mol. The summed E-state index contributed by atoms with van der Waals surface area (Å²) in [5.74, 6) is -0.884. The number of sulfone groups is 1. The molecule has 0 aliphatic carbocycles. The molecule has 0 saturated heterocycles. The van der Waals surface area contributed by atoms with Crippen LogP contribution in [0.15, 0.2) is 24.3 Å². The van der Waals surface area contributed by atoms with E-state index in [1.54, 1.807) is 12.1 Å². The van der Waals surface area contributed by atoms with Gasteiger partial charge in [-0.2, -0.15) is 0 Å². The highest BCUT2D eigenvalue weighted by Crippen LogP contribution is 2.13. The molecule has 0 fully saturated rings. The van der Waals surface area contributed by atoms with E-state index in [0.29, 0.717) is 11.4 Å². The minimum Gasteiger partial charge on any atom is -0.399 e. The lowest BCUT2D eigenvalue weighted by atomic mass is 10.3. The molecule has 0 bridgehead atoms. The molecule has 0 atom stereocenters. The lowest BCUT2D eigenvalue weighted by Gasteiger charge is -2.07. The number of anilines is 2. The van der Waals surface area contributed by atoms with Crippen molar-refractivity contribution in [3.63, 3.8) is 0 Å². The molecule has 17 heavy (non-hydrogen) atoms. The first-order valence-corrected chi connectivity index (χ1v) is 8.43. The second-order valence-electron chi connectivity index (χ2n) is 3.68. The first-order valence-electron chi connectivity index (χ1n) is 4.72. The Morgan fingerprint density at radius 1 is 1.18 bits per heavy atom. The fraction of sp³-hybridized carbons (Fsp3) is 0.333. The summed E-state index contributed by atoms with van der Waals surface area (Å²) in [4.78, 5) is 0. The summed E-state index contributed by atoms with van der Waals surface area (Å²) >= 11 is 0. The van der Waals surface area contributed by atoms with Gasteiger partial charge in [0.2, 0.25) is 10.0 Å². The van der Waals surface area contributed by atoms with E-state index < -0.39 is 31.4 Å². The summed E-state index contributed by atoms with van der Waals surface area (Å²) in [7, 11) is -6.97. The molecule has 0 unspecified atom stereocenters. The van der Waals surface area contributed by atoms with Gasteiger partial charge in [-0.15, -0.1) is 0 Å². The summed E-state index contributed by atoms with van der Waals surface area (Å²) in [5, 5.41) is 0. The third-order valence-electron chi connectivity index (χ3n) is 1.88. The van der Waals surface area contributed by atoms with E-state index in [4.69, 9.17) is 5.73 Å². The second kappa shape index (κ2) is 4.92. The van der Waals surface area contributed by atoms with Crippen molar-refractivity contribution in [2.24, 2.45) is 0 Å². The third-order valence-corrected chi connectivity index (χ3v) is 4.38. The van der Waals surface area contributed by atoms with Gasteiger partial charge in [0, 0.05) is 11.9 Å². The molecule has 0 aliphatic heterocycles. The molecular formula is C9H14N2O4S2. The Morgan fingerprint density at radius 3 is 2.35 bits per heavy atom. The van der Waals surface area contributed by atoms with Gasteiger partial charge in [-0.25, -0.2) is 16.8 Å². The number of benzene rings is 1. The van der Waals surface area contributed by atoms with Gasteiger partial charge < -0.3 is 5.73 Å². The lowest BCUT2D eigenvalue weighted by Crippen LogP contribution is -2.22. The molecule has 1 rings (SSSR count). The molecule has 6 nitrogen and oxygen atoms in total. The van der Waals surface area contributed by atoms with Gasteiger partial charge in [0.1, 0.15) is 9.84 Å². The van der Waals surface area contributed by atoms with E-state index in [0.717, 1.165) is 6.26 Å². The minimum atomic E-state index is -3.67. The van der Waals surface area contributed by atoms with Crippen molar-refractivity contribution < 1.29 is 16.8 Å². The average Bonchev–Trinajstić information content (AvgIpc) is 2.13. The van der Waals surface area contributed by atoms with Crippen molar-refractivity contribution in [3.8, 4) is 0 Å². The fourth-order valence-electron chi connectivity index (χ4n) is 1.09. The van der Waals surface area contributed by atoms with Crippen LogP contribution in [0.25, 0.3) is 0 Å². The number of hydrogen-bond donors (Lipinski definition) is 2. The molecule has 8 heteroatoms. The van der Waals surface area contributed by atoms with E-state index in [-0.39, 0.29) is 0 Å².